The number of likely N-dealkylation sites (tertiary alicyclic amines) is 1. The highest BCUT2D eigenvalue weighted by atomic mass is 32.1. The molecule has 1 aliphatic rings. The summed E-state index contributed by atoms with van der Waals surface area (Å²) in [5.74, 6) is 0.0313. The fourth-order valence-corrected chi connectivity index (χ4v) is 4.60. The van der Waals surface area contributed by atoms with E-state index in [1.54, 1.807) is 18.3 Å². The van der Waals surface area contributed by atoms with Crippen molar-refractivity contribution >= 4 is 33.8 Å². The SMILES string of the molecule is Cc1c(C(=O)NCCCN2CCCC2=O)sc2nc(-c3cccc([N+](=O)[O-])c3)cn12. The molecule has 1 saturated heterocycles. The molecule has 0 atom stereocenters. The van der Waals surface area contributed by atoms with Gasteiger partial charge in [-0.2, -0.15) is 0 Å². The highest BCUT2D eigenvalue weighted by Gasteiger charge is 2.20. The molecule has 0 unspecified atom stereocenters. The van der Waals surface area contributed by atoms with Gasteiger partial charge in [0, 0.05) is 55.6 Å². The van der Waals surface area contributed by atoms with E-state index in [9.17, 15) is 19.7 Å². The van der Waals surface area contributed by atoms with Crippen LogP contribution in [-0.2, 0) is 4.79 Å². The summed E-state index contributed by atoms with van der Waals surface area (Å²) in [7, 11) is 0. The van der Waals surface area contributed by atoms with E-state index in [1.807, 2.05) is 16.2 Å². The van der Waals surface area contributed by atoms with Crippen molar-refractivity contribution in [2.45, 2.75) is 26.2 Å². The first-order valence-corrected chi connectivity index (χ1v) is 10.5. The lowest BCUT2D eigenvalue weighted by Crippen LogP contribution is -2.30. The minimum absolute atomic E-state index is 0.0104. The van der Waals surface area contributed by atoms with Gasteiger partial charge in [0.1, 0.15) is 4.88 Å². The highest BCUT2D eigenvalue weighted by molar-refractivity contribution is 7.19. The Morgan fingerprint density at radius 1 is 1.40 bits per heavy atom. The van der Waals surface area contributed by atoms with Crippen LogP contribution in [0.4, 0.5) is 5.69 Å². The number of thiazole rings is 1. The molecular formula is C20H21N5O4S. The minimum atomic E-state index is -0.435. The van der Waals surface area contributed by atoms with Crippen molar-refractivity contribution in [1.82, 2.24) is 19.6 Å². The second-order valence-electron chi connectivity index (χ2n) is 7.20. The number of aryl methyl sites for hydroxylation is 1. The van der Waals surface area contributed by atoms with Crippen molar-refractivity contribution in [2.24, 2.45) is 0 Å². The number of aromatic nitrogens is 2. The van der Waals surface area contributed by atoms with E-state index in [2.05, 4.69) is 10.3 Å². The smallest absolute Gasteiger partial charge is 0.270 e. The van der Waals surface area contributed by atoms with E-state index in [0.717, 1.165) is 25.1 Å². The molecule has 156 valence electrons. The first kappa shape index (κ1) is 20.0. The first-order chi connectivity index (χ1) is 14.4. The number of nitrogens with one attached hydrogen (secondary N) is 1. The van der Waals surface area contributed by atoms with Crippen molar-refractivity contribution in [1.29, 1.82) is 0 Å². The van der Waals surface area contributed by atoms with Crippen LogP contribution < -0.4 is 5.32 Å². The molecule has 4 rings (SSSR count). The first-order valence-electron chi connectivity index (χ1n) is 9.73. The van der Waals surface area contributed by atoms with E-state index in [0.29, 0.717) is 40.6 Å². The zero-order valence-electron chi connectivity index (χ0n) is 16.5. The molecule has 0 spiro atoms. The van der Waals surface area contributed by atoms with Gasteiger partial charge < -0.3 is 10.2 Å². The predicted molar refractivity (Wildman–Crippen MR) is 113 cm³/mol. The molecular weight excluding hydrogens is 406 g/mol. The van der Waals surface area contributed by atoms with Gasteiger partial charge >= 0.3 is 0 Å². The van der Waals surface area contributed by atoms with Crippen LogP contribution in [-0.4, -0.2) is 50.7 Å². The number of hydrogen-bond donors (Lipinski definition) is 1. The van der Waals surface area contributed by atoms with Crippen LogP contribution >= 0.6 is 11.3 Å². The number of hydrogen-bond acceptors (Lipinski definition) is 6. The van der Waals surface area contributed by atoms with E-state index >= 15 is 0 Å². The van der Waals surface area contributed by atoms with Crippen LogP contribution in [0.1, 0.15) is 34.6 Å². The van der Waals surface area contributed by atoms with E-state index in [1.165, 1.54) is 23.5 Å². The standard InChI is InChI=1S/C20H21N5O4S/c1-13-18(19(27)21-8-4-10-23-9-3-7-17(23)26)30-20-22-16(12-24(13)20)14-5-2-6-15(11-14)25(28)29/h2,5-6,11-12H,3-4,7-10H2,1H3,(H,21,27). The minimum Gasteiger partial charge on any atom is -0.351 e. The summed E-state index contributed by atoms with van der Waals surface area (Å²) in [5, 5.41) is 13.9. The second-order valence-corrected chi connectivity index (χ2v) is 8.17. The summed E-state index contributed by atoms with van der Waals surface area (Å²) >= 11 is 1.28. The van der Waals surface area contributed by atoms with E-state index in [4.69, 9.17) is 0 Å². The number of nitro groups is 1. The van der Waals surface area contributed by atoms with Crippen molar-refractivity contribution < 1.29 is 14.5 Å². The van der Waals surface area contributed by atoms with Crippen molar-refractivity contribution in [3.8, 4) is 11.3 Å². The third kappa shape index (κ3) is 3.90. The summed E-state index contributed by atoms with van der Waals surface area (Å²) in [5.41, 5.74) is 2.06. The van der Waals surface area contributed by atoms with Crippen molar-refractivity contribution in [3.05, 3.63) is 51.1 Å². The van der Waals surface area contributed by atoms with Crippen molar-refractivity contribution in [3.63, 3.8) is 0 Å². The number of imidazole rings is 1. The topological polar surface area (TPSA) is 110 Å². The lowest BCUT2D eigenvalue weighted by molar-refractivity contribution is -0.384. The van der Waals surface area contributed by atoms with Gasteiger partial charge in [0.15, 0.2) is 4.96 Å². The van der Waals surface area contributed by atoms with Gasteiger partial charge in [-0.1, -0.05) is 23.5 Å². The molecule has 1 fully saturated rings. The summed E-state index contributed by atoms with van der Waals surface area (Å²) in [4.78, 5) is 42.4. The summed E-state index contributed by atoms with van der Waals surface area (Å²) < 4.78 is 1.83. The molecule has 1 aliphatic heterocycles. The summed E-state index contributed by atoms with van der Waals surface area (Å²) in [6, 6.07) is 6.33. The van der Waals surface area contributed by atoms with Crippen LogP contribution in [0.3, 0.4) is 0 Å². The molecule has 0 saturated carbocycles. The number of nitrogens with zero attached hydrogens (tertiary/aromatic N) is 4. The highest BCUT2D eigenvalue weighted by Crippen LogP contribution is 2.28. The van der Waals surface area contributed by atoms with Crippen LogP contribution in [0.25, 0.3) is 16.2 Å². The van der Waals surface area contributed by atoms with Gasteiger partial charge in [-0.25, -0.2) is 4.98 Å². The van der Waals surface area contributed by atoms with Gasteiger partial charge in [-0.3, -0.25) is 24.1 Å². The third-order valence-electron chi connectivity index (χ3n) is 5.18. The normalized spacial score (nSPS) is 13.9. The van der Waals surface area contributed by atoms with Gasteiger partial charge in [-0.05, 0) is 19.8 Å². The number of rotatable bonds is 7. The summed E-state index contributed by atoms with van der Waals surface area (Å²) in [6.07, 6.45) is 4.04. The molecule has 0 radical (unpaired) electrons. The van der Waals surface area contributed by atoms with Crippen LogP contribution in [0, 0.1) is 17.0 Å². The van der Waals surface area contributed by atoms with Crippen LogP contribution in [0.15, 0.2) is 30.5 Å². The second kappa shape index (κ2) is 8.23. The Labute approximate surface area is 176 Å². The number of carbonyl (C=O) groups excluding carboxylic acids is 2. The zero-order chi connectivity index (χ0) is 21.3. The maximum atomic E-state index is 12.6. The lowest BCUT2D eigenvalue weighted by Gasteiger charge is -2.15. The van der Waals surface area contributed by atoms with Crippen LogP contribution in [0.2, 0.25) is 0 Å². The molecule has 2 aromatic heterocycles. The zero-order valence-corrected chi connectivity index (χ0v) is 17.3. The van der Waals surface area contributed by atoms with Crippen molar-refractivity contribution in [2.75, 3.05) is 19.6 Å². The van der Waals surface area contributed by atoms with E-state index < -0.39 is 4.92 Å². The Morgan fingerprint density at radius 3 is 2.93 bits per heavy atom. The Kier molecular flexibility index (Phi) is 5.49. The molecule has 30 heavy (non-hydrogen) atoms. The average Bonchev–Trinajstić information content (AvgIpc) is 3.41. The fourth-order valence-electron chi connectivity index (χ4n) is 3.57. The van der Waals surface area contributed by atoms with Gasteiger partial charge in [0.05, 0.1) is 10.6 Å². The molecule has 9 nitrogen and oxygen atoms in total. The number of non-ortho nitro benzene ring substituents is 1. The largest absolute Gasteiger partial charge is 0.351 e. The maximum Gasteiger partial charge on any atom is 0.270 e. The predicted octanol–water partition coefficient (Wildman–Crippen LogP) is 3.02. The summed E-state index contributed by atoms with van der Waals surface area (Å²) in [6.45, 7) is 3.82. The Hall–Kier alpha value is -3.27. The monoisotopic (exact) mass is 427 g/mol. The molecule has 1 N–H and O–H groups in total. The average molecular weight is 427 g/mol. The number of carbonyl (C=O) groups is 2. The molecule has 3 aromatic rings. The van der Waals surface area contributed by atoms with Gasteiger partial charge in [0.25, 0.3) is 11.6 Å². The molecule has 10 heteroatoms. The quantitative estimate of drug-likeness (QED) is 0.354. The lowest BCUT2D eigenvalue weighted by atomic mass is 10.1. The number of fused-ring (bicyclic) bond motifs is 1. The Bertz CT molecular complexity index is 1140. The number of amides is 2. The number of nitro benzene ring substituents is 1. The maximum absolute atomic E-state index is 12.6. The van der Waals surface area contributed by atoms with Crippen LogP contribution in [0.5, 0.6) is 0 Å². The van der Waals surface area contributed by atoms with E-state index in [-0.39, 0.29) is 17.5 Å². The fraction of sp³-hybridized carbons (Fsp3) is 0.350. The van der Waals surface area contributed by atoms with Gasteiger partial charge in [-0.15, -0.1) is 0 Å². The molecule has 1 aromatic carbocycles. The third-order valence-corrected chi connectivity index (χ3v) is 6.33. The molecule has 2 amide bonds. The Morgan fingerprint density at radius 2 is 2.23 bits per heavy atom. The Balaban J connectivity index is 1.43. The van der Waals surface area contributed by atoms with Gasteiger partial charge in [0.2, 0.25) is 5.91 Å². The molecule has 0 aliphatic carbocycles. The molecule has 0 bridgehead atoms. The molecule has 3 heterocycles. The number of benzene rings is 1.